The molecule has 0 saturated heterocycles. The maximum atomic E-state index is 5.26. The minimum Gasteiger partial charge on any atom is -0.320 e. The molecule has 0 spiro atoms. The molecule has 0 aromatic heterocycles. The van der Waals surface area contributed by atoms with E-state index in [0.29, 0.717) is 6.54 Å². The van der Waals surface area contributed by atoms with E-state index in [0.717, 1.165) is 6.42 Å². The number of nitrogens with two attached hydrogens (primary N) is 1. The van der Waals surface area contributed by atoms with Crippen LogP contribution in [0.1, 0.15) is 64.7 Å². The molecule has 0 unspecified atom stereocenters. The molecule has 82 valence electrons. The fourth-order valence-electron chi connectivity index (χ4n) is 1.51. The van der Waals surface area contributed by atoms with Crippen molar-refractivity contribution >= 4 is 0 Å². The lowest BCUT2D eigenvalue weighted by atomic mass is 10.1. The summed E-state index contributed by atoms with van der Waals surface area (Å²) < 4.78 is 0. The van der Waals surface area contributed by atoms with Gasteiger partial charge in [-0.15, -0.1) is 5.92 Å². The zero-order chi connectivity index (χ0) is 10.5. The Morgan fingerprint density at radius 3 is 1.93 bits per heavy atom. The van der Waals surface area contributed by atoms with Crippen LogP contribution in [0.3, 0.4) is 0 Å². The highest BCUT2D eigenvalue weighted by Gasteiger charge is 1.89. The summed E-state index contributed by atoms with van der Waals surface area (Å²) in [4.78, 5) is 0. The van der Waals surface area contributed by atoms with Gasteiger partial charge in [-0.05, 0) is 6.42 Å². The fraction of sp³-hybridized carbons (Fsp3) is 0.846. The molecule has 0 aliphatic rings. The van der Waals surface area contributed by atoms with Gasteiger partial charge in [-0.1, -0.05) is 57.8 Å². The SMILES string of the molecule is CCCCCCCCCCC#CCN. The van der Waals surface area contributed by atoms with Crippen LogP contribution in [0.15, 0.2) is 0 Å². The van der Waals surface area contributed by atoms with Crippen LogP contribution in [0.4, 0.5) is 0 Å². The Labute approximate surface area is 89.5 Å². The van der Waals surface area contributed by atoms with Crippen molar-refractivity contribution in [3.05, 3.63) is 0 Å². The van der Waals surface area contributed by atoms with Gasteiger partial charge < -0.3 is 5.73 Å². The molecule has 1 heteroatoms. The number of hydrogen-bond donors (Lipinski definition) is 1. The van der Waals surface area contributed by atoms with Gasteiger partial charge in [-0.2, -0.15) is 0 Å². The van der Waals surface area contributed by atoms with Gasteiger partial charge in [-0.25, -0.2) is 0 Å². The summed E-state index contributed by atoms with van der Waals surface area (Å²) >= 11 is 0. The summed E-state index contributed by atoms with van der Waals surface area (Å²) in [6, 6.07) is 0. The second kappa shape index (κ2) is 12.5. The fourth-order valence-corrected chi connectivity index (χ4v) is 1.51. The minimum absolute atomic E-state index is 0.511. The van der Waals surface area contributed by atoms with Crippen molar-refractivity contribution in [3.63, 3.8) is 0 Å². The summed E-state index contributed by atoms with van der Waals surface area (Å²) in [5, 5.41) is 0. The third-order valence-corrected chi connectivity index (χ3v) is 2.38. The molecule has 0 aromatic carbocycles. The second-order valence-electron chi connectivity index (χ2n) is 3.78. The molecule has 1 nitrogen and oxygen atoms in total. The monoisotopic (exact) mass is 195 g/mol. The van der Waals surface area contributed by atoms with Crippen molar-refractivity contribution in [2.24, 2.45) is 5.73 Å². The van der Waals surface area contributed by atoms with Crippen LogP contribution >= 0.6 is 0 Å². The number of rotatable bonds is 8. The Morgan fingerprint density at radius 2 is 1.36 bits per heavy atom. The Hall–Kier alpha value is -0.480. The summed E-state index contributed by atoms with van der Waals surface area (Å²) in [7, 11) is 0. The molecule has 0 saturated carbocycles. The molecule has 0 aliphatic carbocycles. The highest BCUT2D eigenvalue weighted by molar-refractivity contribution is 4.99. The molecule has 0 radical (unpaired) electrons. The highest BCUT2D eigenvalue weighted by Crippen LogP contribution is 2.08. The molecule has 14 heavy (non-hydrogen) atoms. The van der Waals surface area contributed by atoms with E-state index in [-0.39, 0.29) is 0 Å². The van der Waals surface area contributed by atoms with Gasteiger partial charge in [0.1, 0.15) is 0 Å². The molecule has 0 bridgehead atoms. The van der Waals surface area contributed by atoms with Crippen molar-refractivity contribution in [3.8, 4) is 11.8 Å². The Bertz CT molecular complexity index is 152. The molecule has 2 N–H and O–H groups in total. The first-order valence-corrected chi connectivity index (χ1v) is 6.07. The molecule has 0 rings (SSSR count). The lowest BCUT2D eigenvalue weighted by Crippen LogP contribution is -1.92. The van der Waals surface area contributed by atoms with E-state index in [9.17, 15) is 0 Å². The predicted octanol–water partition coefficient (Wildman–Crippen LogP) is 3.48. The molecule has 0 heterocycles. The summed E-state index contributed by atoms with van der Waals surface area (Å²) in [5.74, 6) is 5.97. The van der Waals surface area contributed by atoms with Crippen LogP contribution in [-0.4, -0.2) is 6.54 Å². The Kier molecular flexibility index (Phi) is 12.1. The molecule has 0 atom stereocenters. The first kappa shape index (κ1) is 13.5. The van der Waals surface area contributed by atoms with Gasteiger partial charge >= 0.3 is 0 Å². The molecular weight excluding hydrogens is 170 g/mol. The Morgan fingerprint density at radius 1 is 0.786 bits per heavy atom. The van der Waals surface area contributed by atoms with Gasteiger partial charge in [0.2, 0.25) is 0 Å². The Balaban J connectivity index is 2.92. The van der Waals surface area contributed by atoms with Gasteiger partial charge in [0, 0.05) is 6.42 Å². The summed E-state index contributed by atoms with van der Waals surface area (Å²) in [6.07, 6.45) is 12.0. The number of hydrogen-bond acceptors (Lipinski definition) is 1. The van der Waals surface area contributed by atoms with Crippen LogP contribution in [0, 0.1) is 11.8 Å². The summed E-state index contributed by atoms with van der Waals surface area (Å²) in [6.45, 7) is 2.77. The van der Waals surface area contributed by atoms with Crippen molar-refractivity contribution in [1.82, 2.24) is 0 Å². The highest BCUT2D eigenvalue weighted by atomic mass is 14.5. The van der Waals surface area contributed by atoms with Gasteiger partial charge in [0.25, 0.3) is 0 Å². The van der Waals surface area contributed by atoms with Gasteiger partial charge in [-0.3, -0.25) is 0 Å². The van der Waals surface area contributed by atoms with Gasteiger partial charge in [0.15, 0.2) is 0 Å². The molecule has 0 aromatic rings. The van der Waals surface area contributed by atoms with E-state index in [4.69, 9.17) is 5.73 Å². The molecule has 0 aliphatic heterocycles. The first-order valence-electron chi connectivity index (χ1n) is 6.07. The zero-order valence-electron chi connectivity index (χ0n) is 9.65. The lowest BCUT2D eigenvalue weighted by Gasteiger charge is -1.99. The lowest BCUT2D eigenvalue weighted by molar-refractivity contribution is 0.579. The normalized spacial score (nSPS) is 9.57. The maximum absolute atomic E-state index is 5.26. The largest absolute Gasteiger partial charge is 0.320 e. The van der Waals surface area contributed by atoms with Crippen molar-refractivity contribution < 1.29 is 0 Å². The van der Waals surface area contributed by atoms with Crippen molar-refractivity contribution in [2.45, 2.75) is 64.7 Å². The topological polar surface area (TPSA) is 26.0 Å². The minimum atomic E-state index is 0.511. The van der Waals surface area contributed by atoms with E-state index in [2.05, 4.69) is 18.8 Å². The summed E-state index contributed by atoms with van der Waals surface area (Å²) in [5.41, 5.74) is 5.26. The smallest absolute Gasteiger partial charge is 0.0551 e. The number of unbranched alkanes of at least 4 members (excludes halogenated alkanes) is 8. The molecular formula is C13H25N. The van der Waals surface area contributed by atoms with E-state index < -0.39 is 0 Å². The average molecular weight is 195 g/mol. The maximum Gasteiger partial charge on any atom is 0.0551 e. The predicted molar refractivity (Wildman–Crippen MR) is 64.1 cm³/mol. The van der Waals surface area contributed by atoms with E-state index in [1.54, 1.807) is 0 Å². The van der Waals surface area contributed by atoms with Crippen molar-refractivity contribution in [1.29, 1.82) is 0 Å². The quantitative estimate of drug-likeness (QED) is 0.466. The van der Waals surface area contributed by atoms with Crippen LogP contribution in [-0.2, 0) is 0 Å². The third-order valence-electron chi connectivity index (χ3n) is 2.38. The van der Waals surface area contributed by atoms with Crippen LogP contribution in [0.5, 0.6) is 0 Å². The molecule has 0 fully saturated rings. The standard InChI is InChI=1S/C13H25N/c1-2-3-4-5-6-7-8-9-10-11-12-13-14/h2-10,13-14H2,1H3. The van der Waals surface area contributed by atoms with E-state index in [1.165, 1.54) is 51.4 Å². The second-order valence-corrected chi connectivity index (χ2v) is 3.78. The van der Waals surface area contributed by atoms with Crippen LogP contribution < -0.4 is 5.73 Å². The van der Waals surface area contributed by atoms with Crippen LogP contribution in [0.25, 0.3) is 0 Å². The van der Waals surface area contributed by atoms with Gasteiger partial charge in [0.05, 0.1) is 6.54 Å². The molecule has 0 amide bonds. The van der Waals surface area contributed by atoms with Crippen molar-refractivity contribution in [2.75, 3.05) is 6.54 Å². The van der Waals surface area contributed by atoms with Crippen LogP contribution in [0.2, 0.25) is 0 Å². The van der Waals surface area contributed by atoms with E-state index in [1.807, 2.05) is 0 Å². The zero-order valence-corrected chi connectivity index (χ0v) is 9.65. The average Bonchev–Trinajstić information content (AvgIpc) is 2.21. The third kappa shape index (κ3) is 11.5. The first-order chi connectivity index (χ1) is 6.91. The van der Waals surface area contributed by atoms with E-state index >= 15 is 0 Å².